The fraction of sp³-hybridized carbons (Fsp3) is 0.677. The first kappa shape index (κ1) is 29.5. The number of hydrogen-bond acceptors (Lipinski definition) is 6. The minimum Gasteiger partial charge on any atom is -0.479 e. The molecule has 0 spiro atoms. The lowest BCUT2D eigenvalue weighted by molar-refractivity contribution is -0.266. The van der Waals surface area contributed by atoms with Gasteiger partial charge in [0.15, 0.2) is 23.3 Å². The quantitative estimate of drug-likeness (QED) is 0.390. The second-order valence-electron chi connectivity index (χ2n) is 12.3. The second-order valence-corrected chi connectivity index (χ2v) is 13.3. The summed E-state index contributed by atoms with van der Waals surface area (Å²) in [7, 11) is 0. The minimum atomic E-state index is -2.29. The third-order valence-electron chi connectivity index (χ3n) is 10.8. The van der Waals surface area contributed by atoms with Crippen LogP contribution >= 0.6 is 11.3 Å². The molecule has 3 saturated carbocycles. The summed E-state index contributed by atoms with van der Waals surface area (Å²) in [5.41, 5.74) is -5.35. The average molecular weight is 579 g/mol. The van der Waals surface area contributed by atoms with Crippen molar-refractivity contribution >= 4 is 23.1 Å². The van der Waals surface area contributed by atoms with E-state index in [1.165, 1.54) is 35.3 Å². The van der Waals surface area contributed by atoms with Gasteiger partial charge < -0.3 is 20.1 Å². The van der Waals surface area contributed by atoms with Gasteiger partial charge in [-0.15, -0.1) is 11.3 Å². The Bertz CT molecular complexity index is 1260. The predicted octanol–water partition coefficient (Wildman–Crippen LogP) is 5.80. The van der Waals surface area contributed by atoms with Crippen LogP contribution in [0.3, 0.4) is 0 Å². The summed E-state index contributed by atoms with van der Waals surface area (Å²) in [6.45, 7) is 7.20. The van der Waals surface area contributed by atoms with E-state index in [4.69, 9.17) is 4.74 Å². The summed E-state index contributed by atoms with van der Waals surface area (Å²) >= 11 is 1.54. The number of aliphatic hydroxyl groups is 2. The number of aliphatic carboxylic acids is 1. The minimum absolute atomic E-state index is 0.0108. The van der Waals surface area contributed by atoms with Gasteiger partial charge in [-0.1, -0.05) is 26.8 Å². The van der Waals surface area contributed by atoms with Crippen LogP contribution in [0.15, 0.2) is 29.2 Å². The lowest BCUT2D eigenvalue weighted by Gasteiger charge is -2.63. The lowest BCUT2D eigenvalue weighted by Crippen LogP contribution is -2.70. The van der Waals surface area contributed by atoms with E-state index < -0.39 is 64.3 Å². The van der Waals surface area contributed by atoms with E-state index in [0.29, 0.717) is 5.56 Å². The number of rotatable bonds is 4. The van der Waals surface area contributed by atoms with E-state index in [-0.39, 0.29) is 31.3 Å². The molecule has 9 atom stereocenters. The number of hydrogen-bond donors (Lipinski definition) is 3. The van der Waals surface area contributed by atoms with Crippen molar-refractivity contribution in [1.82, 2.24) is 0 Å². The fourth-order valence-corrected chi connectivity index (χ4v) is 9.92. The van der Waals surface area contributed by atoms with Crippen LogP contribution in [0.25, 0.3) is 0 Å². The monoisotopic (exact) mass is 578 g/mol. The number of ketones is 1. The maximum Gasteiger partial charge on any atom is 0.336 e. The molecule has 7 unspecified atom stereocenters. The Morgan fingerprint density at radius 1 is 1.20 bits per heavy atom. The summed E-state index contributed by atoms with van der Waals surface area (Å²) in [5, 5.41) is 35.1. The molecule has 0 bridgehead atoms. The highest BCUT2D eigenvalue weighted by atomic mass is 32.1. The van der Waals surface area contributed by atoms with Crippen LogP contribution in [0, 0.1) is 22.7 Å². The highest BCUT2D eigenvalue weighted by Gasteiger charge is 2.76. The largest absolute Gasteiger partial charge is 0.479 e. The van der Waals surface area contributed by atoms with Gasteiger partial charge in [-0.3, -0.25) is 4.79 Å². The van der Waals surface area contributed by atoms with Gasteiger partial charge in [0.1, 0.15) is 6.17 Å². The number of alkyl halides is 2. The van der Waals surface area contributed by atoms with Gasteiger partial charge in [0.25, 0.3) is 0 Å². The molecule has 6 rings (SSSR count). The lowest BCUT2D eigenvalue weighted by atomic mass is 9.44. The summed E-state index contributed by atoms with van der Waals surface area (Å²) in [5.74, 6) is -3.30. The van der Waals surface area contributed by atoms with E-state index >= 15 is 8.78 Å². The predicted molar refractivity (Wildman–Crippen MR) is 147 cm³/mol. The standard InChI is InChI=1S/C29H34F2O6S.C2H6/c1-26-9-7-15(32)11-20(26)21(30)12-19-18-8-10-28(25(35)36,27(18,2)13-23(33)29(19,26)31)37-24(34)17-14-38-22-6-4-3-5-16(17)22;1-2/h7,9,11,14,18-19,21,23-24,33-34H,3-6,8,10,12-13H2,1-2H3,(H,35,36);1-2H3/t18?,19?,21-,23?,24?,26?,27?,28?,29-;/m0./s1. The summed E-state index contributed by atoms with van der Waals surface area (Å²) in [6, 6.07) is 0. The molecule has 220 valence electrons. The second kappa shape index (κ2) is 10.1. The Balaban J connectivity index is 0.00000158. The number of ether oxygens (including phenoxy) is 1. The van der Waals surface area contributed by atoms with Gasteiger partial charge in [-0.2, -0.15) is 0 Å². The smallest absolute Gasteiger partial charge is 0.336 e. The van der Waals surface area contributed by atoms with Crippen molar-refractivity contribution in [3.05, 3.63) is 45.2 Å². The van der Waals surface area contributed by atoms with Crippen LogP contribution in [-0.2, 0) is 27.2 Å². The number of carbonyl (C=O) groups is 2. The van der Waals surface area contributed by atoms with Crippen LogP contribution in [0.2, 0.25) is 0 Å². The first-order valence-corrected chi connectivity index (χ1v) is 15.4. The van der Waals surface area contributed by atoms with E-state index in [1.54, 1.807) is 6.92 Å². The van der Waals surface area contributed by atoms with Crippen molar-refractivity contribution in [1.29, 1.82) is 0 Å². The molecule has 3 fully saturated rings. The molecule has 1 heterocycles. The van der Waals surface area contributed by atoms with Crippen LogP contribution in [0.4, 0.5) is 8.78 Å². The molecular formula is C31H40F2O6S. The molecule has 0 saturated heterocycles. The molecule has 0 radical (unpaired) electrons. The molecule has 5 aliphatic carbocycles. The van der Waals surface area contributed by atoms with Crippen LogP contribution < -0.4 is 0 Å². The first-order valence-electron chi connectivity index (χ1n) is 14.5. The van der Waals surface area contributed by atoms with Crippen molar-refractivity contribution in [2.45, 2.75) is 109 Å². The Kier molecular flexibility index (Phi) is 7.46. The van der Waals surface area contributed by atoms with Crippen LogP contribution in [0.5, 0.6) is 0 Å². The molecule has 5 aliphatic rings. The van der Waals surface area contributed by atoms with E-state index in [2.05, 4.69) is 0 Å². The number of carboxylic acids is 1. The highest BCUT2D eigenvalue weighted by Crippen LogP contribution is 2.70. The third kappa shape index (κ3) is 3.80. The molecule has 0 aromatic carbocycles. The van der Waals surface area contributed by atoms with Crippen molar-refractivity contribution in [3.63, 3.8) is 0 Å². The number of thiophene rings is 1. The number of aryl methyl sites for hydroxylation is 1. The molecule has 9 heteroatoms. The number of fused-ring (bicyclic) bond motifs is 6. The Labute approximate surface area is 238 Å². The molecule has 40 heavy (non-hydrogen) atoms. The average Bonchev–Trinajstić information content (AvgIpc) is 3.48. The van der Waals surface area contributed by atoms with Gasteiger partial charge >= 0.3 is 5.97 Å². The molecule has 6 nitrogen and oxygen atoms in total. The first-order chi connectivity index (χ1) is 18.9. The van der Waals surface area contributed by atoms with Crippen LogP contribution in [0.1, 0.15) is 88.5 Å². The number of aliphatic hydroxyl groups excluding tert-OH is 2. The molecule has 3 N–H and O–H groups in total. The Morgan fingerprint density at radius 3 is 2.60 bits per heavy atom. The number of halogens is 2. The Hall–Kier alpha value is -1.94. The fourth-order valence-electron chi connectivity index (χ4n) is 8.77. The van der Waals surface area contributed by atoms with E-state index in [9.17, 15) is 24.9 Å². The zero-order valence-corrected chi connectivity index (χ0v) is 24.4. The summed E-state index contributed by atoms with van der Waals surface area (Å²) in [6.07, 6.45) is 2.58. The van der Waals surface area contributed by atoms with Crippen molar-refractivity contribution in [2.24, 2.45) is 22.7 Å². The molecular weight excluding hydrogens is 538 g/mol. The highest BCUT2D eigenvalue weighted by molar-refractivity contribution is 7.10. The number of allylic oxidation sites excluding steroid dienone is 4. The maximum absolute atomic E-state index is 17.3. The van der Waals surface area contributed by atoms with Gasteiger partial charge in [-0.05, 0) is 92.9 Å². The van der Waals surface area contributed by atoms with Gasteiger partial charge in [0.2, 0.25) is 0 Å². The van der Waals surface area contributed by atoms with Gasteiger partial charge in [0.05, 0.1) is 6.10 Å². The van der Waals surface area contributed by atoms with Crippen LogP contribution in [-0.4, -0.2) is 50.6 Å². The normalized spacial score (nSPS) is 42.4. The summed E-state index contributed by atoms with van der Waals surface area (Å²) < 4.78 is 39.1. The summed E-state index contributed by atoms with van der Waals surface area (Å²) in [4.78, 5) is 26.2. The van der Waals surface area contributed by atoms with Gasteiger partial charge in [-0.25, -0.2) is 13.6 Å². The zero-order valence-electron chi connectivity index (χ0n) is 23.6. The van der Waals surface area contributed by atoms with Crippen molar-refractivity contribution in [3.8, 4) is 0 Å². The van der Waals surface area contributed by atoms with Crippen molar-refractivity contribution in [2.75, 3.05) is 0 Å². The Morgan fingerprint density at radius 2 is 1.90 bits per heavy atom. The molecule has 0 aliphatic heterocycles. The SMILES string of the molecule is CC.CC12CC(O)[C@@]3(F)C(C[C@H](F)C4=CC(=O)C=CC43C)C1CCC2(OC(O)c1csc2c1CCCC2)C(=O)O. The number of carbonyl (C=O) groups excluding carboxylic acids is 1. The maximum atomic E-state index is 17.3. The number of carboxylic acid groups (broad SMARTS) is 1. The molecule has 1 aromatic heterocycles. The third-order valence-corrected chi connectivity index (χ3v) is 11.9. The van der Waals surface area contributed by atoms with E-state index in [0.717, 1.165) is 37.3 Å². The van der Waals surface area contributed by atoms with Crippen molar-refractivity contribution < 1.29 is 38.4 Å². The topological polar surface area (TPSA) is 104 Å². The molecule has 0 amide bonds. The van der Waals surface area contributed by atoms with Gasteiger partial charge in [0, 0.05) is 27.2 Å². The zero-order chi connectivity index (χ0) is 29.3. The van der Waals surface area contributed by atoms with E-state index in [1.807, 2.05) is 19.2 Å². The molecule has 1 aromatic rings.